The van der Waals surface area contributed by atoms with Gasteiger partial charge in [0.15, 0.2) is 0 Å². The molecule has 1 amide bonds. The van der Waals surface area contributed by atoms with Crippen molar-refractivity contribution in [1.29, 1.82) is 0 Å². The zero-order valence-corrected chi connectivity index (χ0v) is 14.0. The number of hydrogen-bond donors (Lipinski definition) is 1. The fraction of sp³-hybridized carbons (Fsp3) is 0.611. The Labute approximate surface area is 138 Å². The first-order chi connectivity index (χ1) is 11.3. The second-order valence-corrected chi connectivity index (χ2v) is 6.50. The molecule has 1 saturated heterocycles. The van der Waals surface area contributed by atoms with Crippen molar-refractivity contribution in [3.05, 3.63) is 24.3 Å². The fourth-order valence-corrected chi connectivity index (χ4v) is 3.70. The predicted molar refractivity (Wildman–Crippen MR) is 91.9 cm³/mol. The zero-order valence-electron chi connectivity index (χ0n) is 14.0. The number of benzene rings is 1. The van der Waals surface area contributed by atoms with E-state index in [1.807, 2.05) is 24.3 Å². The molecule has 2 fully saturated rings. The third-order valence-electron chi connectivity index (χ3n) is 5.00. The summed E-state index contributed by atoms with van der Waals surface area (Å²) in [6, 6.07) is 8.32. The second-order valence-electron chi connectivity index (χ2n) is 6.50. The molecular weight excluding hydrogens is 290 g/mol. The summed E-state index contributed by atoms with van der Waals surface area (Å²) in [6.07, 6.45) is 5.47. The van der Waals surface area contributed by atoms with E-state index in [9.17, 15) is 4.79 Å². The van der Waals surface area contributed by atoms with Gasteiger partial charge >= 0.3 is 0 Å². The van der Waals surface area contributed by atoms with Crippen LogP contribution in [0.4, 0.5) is 5.69 Å². The number of nitrogens with zero attached hydrogens (tertiary/aromatic N) is 2. The van der Waals surface area contributed by atoms with E-state index in [4.69, 9.17) is 4.74 Å². The van der Waals surface area contributed by atoms with E-state index >= 15 is 0 Å². The van der Waals surface area contributed by atoms with Crippen LogP contribution in [0.3, 0.4) is 0 Å². The molecule has 5 heteroatoms. The highest BCUT2D eigenvalue weighted by Crippen LogP contribution is 2.25. The fourth-order valence-electron chi connectivity index (χ4n) is 3.70. The first-order valence-electron chi connectivity index (χ1n) is 8.65. The molecule has 126 valence electrons. The number of carbonyl (C=O) groups is 1. The van der Waals surface area contributed by atoms with Gasteiger partial charge in [-0.1, -0.05) is 25.0 Å². The summed E-state index contributed by atoms with van der Waals surface area (Å²) in [5.74, 6) is 0.732. The van der Waals surface area contributed by atoms with Gasteiger partial charge in [-0.05, 0) is 25.0 Å². The number of piperazine rings is 1. The first kappa shape index (κ1) is 16.3. The lowest BCUT2D eigenvalue weighted by Gasteiger charge is -2.37. The molecule has 0 spiro atoms. The van der Waals surface area contributed by atoms with Crippen molar-refractivity contribution in [2.45, 2.75) is 31.7 Å². The highest BCUT2D eigenvalue weighted by molar-refractivity contribution is 5.93. The van der Waals surface area contributed by atoms with Crippen molar-refractivity contribution < 1.29 is 9.53 Å². The van der Waals surface area contributed by atoms with Crippen molar-refractivity contribution in [2.24, 2.45) is 0 Å². The van der Waals surface area contributed by atoms with Crippen molar-refractivity contribution in [3.8, 4) is 5.75 Å². The van der Waals surface area contributed by atoms with Crippen LogP contribution in [0.25, 0.3) is 0 Å². The van der Waals surface area contributed by atoms with Crippen LogP contribution in [0, 0.1) is 0 Å². The third-order valence-corrected chi connectivity index (χ3v) is 5.00. The number of amides is 1. The molecule has 1 heterocycles. The first-order valence-corrected chi connectivity index (χ1v) is 8.65. The summed E-state index contributed by atoms with van der Waals surface area (Å²) in [6.45, 7) is 4.60. The van der Waals surface area contributed by atoms with Gasteiger partial charge in [0.1, 0.15) is 5.75 Å². The average molecular weight is 317 g/mol. The smallest absolute Gasteiger partial charge is 0.238 e. The molecule has 3 rings (SSSR count). The second kappa shape index (κ2) is 7.79. The van der Waals surface area contributed by atoms with Crippen molar-refractivity contribution in [2.75, 3.05) is 45.2 Å². The van der Waals surface area contributed by atoms with E-state index in [1.165, 1.54) is 25.7 Å². The molecule has 1 aliphatic carbocycles. The van der Waals surface area contributed by atoms with Crippen molar-refractivity contribution in [1.82, 2.24) is 9.80 Å². The van der Waals surface area contributed by atoms with Crippen LogP contribution in [0.1, 0.15) is 25.7 Å². The summed E-state index contributed by atoms with van der Waals surface area (Å²) in [4.78, 5) is 17.1. The molecule has 1 saturated carbocycles. The molecule has 0 aromatic heterocycles. The number of rotatable bonds is 5. The normalized spacial score (nSPS) is 20.6. The number of anilines is 1. The van der Waals surface area contributed by atoms with Crippen LogP contribution in [0.15, 0.2) is 24.3 Å². The number of hydrogen-bond acceptors (Lipinski definition) is 4. The zero-order chi connectivity index (χ0) is 16.1. The molecule has 1 aliphatic heterocycles. The van der Waals surface area contributed by atoms with E-state index in [0.29, 0.717) is 12.3 Å². The van der Waals surface area contributed by atoms with Gasteiger partial charge in [-0.3, -0.25) is 14.6 Å². The Balaban J connectivity index is 1.45. The molecular formula is C18H27N3O2. The molecule has 0 radical (unpaired) electrons. The summed E-state index contributed by atoms with van der Waals surface area (Å²) < 4.78 is 5.27. The topological polar surface area (TPSA) is 44.8 Å². The number of carbonyl (C=O) groups excluding carboxylic acids is 1. The van der Waals surface area contributed by atoms with Gasteiger partial charge in [-0.2, -0.15) is 0 Å². The number of ether oxygens (including phenoxy) is 1. The summed E-state index contributed by atoms with van der Waals surface area (Å²) >= 11 is 0. The maximum Gasteiger partial charge on any atom is 0.238 e. The van der Waals surface area contributed by atoms with E-state index in [1.54, 1.807) is 7.11 Å². The van der Waals surface area contributed by atoms with Crippen LogP contribution in [0.2, 0.25) is 0 Å². The van der Waals surface area contributed by atoms with Crippen molar-refractivity contribution >= 4 is 11.6 Å². The Morgan fingerprint density at radius 2 is 1.87 bits per heavy atom. The number of nitrogens with one attached hydrogen (secondary N) is 1. The molecule has 23 heavy (non-hydrogen) atoms. The quantitative estimate of drug-likeness (QED) is 0.904. The predicted octanol–water partition coefficient (Wildman–Crippen LogP) is 2.19. The number of para-hydroxylation sites is 2. The van der Waals surface area contributed by atoms with Gasteiger partial charge in [0.05, 0.1) is 19.3 Å². The Morgan fingerprint density at radius 3 is 2.57 bits per heavy atom. The van der Waals surface area contributed by atoms with Crippen LogP contribution >= 0.6 is 0 Å². The third kappa shape index (κ3) is 4.24. The van der Waals surface area contributed by atoms with E-state index in [-0.39, 0.29) is 5.91 Å². The lowest BCUT2D eigenvalue weighted by molar-refractivity contribution is -0.117. The SMILES string of the molecule is COc1ccccc1NC(=O)CN1CCN(C2CCCC2)CC1. The maximum atomic E-state index is 12.3. The van der Waals surface area contributed by atoms with Gasteiger partial charge in [0.25, 0.3) is 0 Å². The van der Waals surface area contributed by atoms with Gasteiger partial charge in [0.2, 0.25) is 5.91 Å². The Kier molecular flexibility index (Phi) is 5.51. The number of methoxy groups -OCH3 is 1. The summed E-state index contributed by atoms with van der Waals surface area (Å²) in [7, 11) is 1.62. The van der Waals surface area contributed by atoms with Crippen LogP contribution < -0.4 is 10.1 Å². The Morgan fingerprint density at radius 1 is 1.17 bits per heavy atom. The minimum Gasteiger partial charge on any atom is -0.495 e. The molecule has 0 unspecified atom stereocenters. The van der Waals surface area contributed by atoms with Crippen molar-refractivity contribution in [3.63, 3.8) is 0 Å². The standard InChI is InChI=1S/C18H27N3O2/c1-23-17-9-5-4-8-16(17)19-18(22)14-20-10-12-21(13-11-20)15-6-2-3-7-15/h4-5,8-9,15H,2-3,6-7,10-14H2,1H3,(H,19,22). The van der Waals surface area contributed by atoms with E-state index < -0.39 is 0 Å². The van der Waals surface area contributed by atoms with Crippen LogP contribution in [-0.4, -0.2) is 61.6 Å². The van der Waals surface area contributed by atoms with Crippen LogP contribution in [-0.2, 0) is 4.79 Å². The molecule has 5 nitrogen and oxygen atoms in total. The van der Waals surface area contributed by atoms with Gasteiger partial charge in [0, 0.05) is 32.2 Å². The minimum atomic E-state index is 0.0313. The molecule has 1 aromatic carbocycles. The molecule has 1 N–H and O–H groups in total. The van der Waals surface area contributed by atoms with Crippen LogP contribution in [0.5, 0.6) is 5.75 Å². The van der Waals surface area contributed by atoms with Gasteiger partial charge in [-0.25, -0.2) is 0 Å². The minimum absolute atomic E-state index is 0.0313. The molecule has 1 aromatic rings. The van der Waals surface area contributed by atoms with Gasteiger partial charge in [-0.15, -0.1) is 0 Å². The highest BCUT2D eigenvalue weighted by atomic mass is 16.5. The van der Waals surface area contributed by atoms with Gasteiger partial charge < -0.3 is 10.1 Å². The highest BCUT2D eigenvalue weighted by Gasteiger charge is 2.26. The van der Waals surface area contributed by atoms with E-state index in [0.717, 1.165) is 37.9 Å². The monoisotopic (exact) mass is 317 g/mol. The lowest BCUT2D eigenvalue weighted by Crippen LogP contribution is -2.51. The summed E-state index contributed by atoms with van der Waals surface area (Å²) in [5.41, 5.74) is 0.740. The maximum absolute atomic E-state index is 12.3. The van der Waals surface area contributed by atoms with E-state index in [2.05, 4.69) is 15.1 Å². The Hall–Kier alpha value is -1.59. The average Bonchev–Trinajstić information content (AvgIpc) is 3.10. The summed E-state index contributed by atoms with van der Waals surface area (Å²) in [5, 5.41) is 2.96. The Bertz CT molecular complexity index is 521. The molecule has 2 aliphatic rings. The largest absolute Gasteiger partial charge is 0.495 e. The molecule has 0 bridgehead atoms. The lowest BCUT2D eigenvalue weighted by atomic mass is 10.2. The molecule has 0 atom stereocenters.